The lowest BCUT2D eigenvalue weighted by atomic mass is 10.0. The third kappa shape index (κ3) is 2.47. The zero-order chi connectivity index (χ0) is 11.4. The Bertz CT molecular complexity index is 323. The first-order valence-electron chi connectivity index (χ1n) is 5.94. The van der Waals surface area contributed by atoms with Crippen LogP contribution in [0.4, 0.5) is 5.69 Å². The monoisotopic (exact) mass is 220 g/mol. The van der Waals surface area contributed by atoms with Crippen molar-refractivity contribution in [2.75, 3.05) is 19.0 Å². The molecule has 3 N–H and O–H groups in total. The maximum atomic E-state index is 5.76. The molecule has 1 aliphatic rings. The number of hydrogen-bond donors (Lipinski definition) is 2. The largest absolute Gasteiger partial charge is 0.497 e. The molecule has 0 aliphatic heterocycles. The highest BCUT2D eigenvalue weighted by Gasteiger charge is 2.25. The maximum absolute atomic E-state index is 5.76. The molecule has 1 fully saturated rings. The van der Waals surface area contributed by atoms with Crippen LogP contribution in [0.1, 0.15) is 19.3 Å². The molecule has 2 rings (SSSR count). The second kappa shape index (κ2) is 5.21. The molecule has 2 atom stereocenters. The minimum atomic E-state index is 0.540. The summed E-state index contributed by atoms with van der Waals surface area (Å²) in [5, 5.41) is 3.56. The second-order valence-electron chi connectivity index (χ2n) is 4.41. The highest BCUT2D eigenvalue weighted by Crippen LogP contribution is 2.28. The van der Waals surface area contributed by atoms with E-state index in [1.165, 1.54) is 19.3 Å². The summed E-state index contributed by atoms with van der Waals surface area (Å²) in [6.07, 6.45) is 3.77. The average Bonchev–Trinajstić information content (AvgIpc) is 2.77. The van der Waals surface area contributed by atoms with Crippen LogP contribution in [0.15, 0.2) is 24.3 Å². The molecule has 0 bridgehead atoms. The van der Waals surface area contributed by atoms with Crippen LogP contribution in [-0.4, -0.2) is 19.7 Å². The van der Waals surface area contributed by atoms with Crippen LogP contribution in [-0.2, 0) is 0 Å². The molecular weight excluding hydrogens is 200 g/mol. The van der Waals surface area contributed by atoms with E-state index in [9.17, 15) is 0 Å². The van der Waals surface area contributed by atoms with Gasteiger partial charge in [-0.1, -0.05) is 6.42 Å². The summed E-state index contributed by atoms with van der Waals surface area (Å²) in [6, 6.07) is 8.62. The Labute approximate surface area is 97.0 Å². The van der Waals surface area contributed by atoms with Gasteiger partial charge in [-0.05, 0) is 49.6 Å². The van der Waals surface area contributed by atoms with Crippen molar-refractivity contribution in [3.63, 3.8) is 0 Å². The molecule has 1 aromatic carbocycles. The van der Waals surface area contributed by atoms with Gasteiger partial charge in [-0.25, -0.2) is 0 Å². The fraction of sp³-hybridized carbons (Fsp3) is 0.538. The molecular formula is C13H20N2O. The average molecular weight is 220 g/mol. The number of methoxy groups -OCH3 is 1. The minimum absolute atomic E-state index is 0.540. The molecule has 0 amide bonds. The van der Waals surface area contributed by atoms with Gasteiger partial charge in [-0.3, -0.25) is 0 Å². The van der Waals surface area contributed by atoms with Crippen LogP contribution in [0.5, 0.6) is 5.75 Å². The number of ether oxygens (including phenoxy) is 1. The standard InChI is InChI=1S/C13H20N2O/c1-16-12-7-5-11(6-8-12)15-13-4-2-3-10(13)9-14/h5-8,10,13,15H,2-4,9,14H2,1H3. The van der Waals surface area contributed by atoms with Crippen molar-refractivity contribution in [1.82, 2.24) is 0 Å². The van der Waals surface area contributed by atoms with E-state index in [0.29, 0.717) is 12.0 Å². The van der Waals surface area contributed by atoms with Crippen molar-refractivity contribution in [3.05, 3.63) is 24.3 Å². The van der Waals surface area contributed by atoms with Crippen LogP contribution in [0.3, 0.4) is 0 Å². The summed E-state index contributed by atoms with van der Waals surface area (Å²) in [4.78, 5) is 0. The van der Waals surface area contributed by atoms with Crippen molar-refractivity contribution < 1.29 is 4.74 Å². The molecule has 0 saturated heterocycles. The Morgan fingerprint density at radius 1 is 1.31 bits per heavy atom. The highest BCUT2D eigenvalue weighted by molar-refractivity contribution is 5.47. The van der Waals surface area contributed by atoms with Crippen LogP contribution >= 0.6 is 0 Å². The Morgan fingerprint density at radius 3 is 2.69 bits per heavy atom. The normalized spacial score (nSPS) is 24.4. The minimum Gasteiger partial charge on any atom is -0.497 e. The molecule has 0 aromatic heterocycles. The van der Waals surface area contributed by atoms with Gasteiger partial charge in [0.25, 0.3) is 0 Å². The quantitative estimate of drug-likeness (QED) is 0.818. The zero-order valence-corrected chi connectivity index (χ0v) is 9.78. The van der Waals surface area contributed by atoms with E-state index in [0.717, 1.165) is 18.0 Å². The predicted molar refractivity (Wildman–Crippen MR) is 66.8 cm³/mol. The van der Waals surface area contributed by atoms with Crippen molar-refractivity contribution in [2.24, 2.45) is 11.7 Å². The molecule has 1 aromatic rings. The number of rotatable bonds is 4. The number of anilines is 1. The molecule has 88 valence electrons. The number of nitrogens with two attached hydrogens (primary N) is 1. The van der Waals surface area contributed by atoms with Crippen LogP contribution < -0.4 is 15.8 Å². The fourth-order valence-corrected chi connectivity index (χ4v) is 2.41. The Morgan fingerprint density at radius 2 is 2.06 bits per heavy atom. The van der Waals surface area contributed by atoms with E-state index in [4.69, 9.17) is 10.5 Å². The summed E-state index contributed by atoms with van der Waals surface area (Å²) in [5.74, 6) is 1.52. The third-order valence-electron chi connectivity index (χ3n) is 3.40. The summed E-state index contributed by atoms with van der Waals surface area (Å²) >= 11 is 0. The van der Waals surface area contributed by atoms with Gasteiger partial charge in [-0.2, -0.15) is 0 Å². The van der Waals surface area contributed by atoms with Gasteiger partial charge in [0.05, 0.1) is 7.11 Å². The van der Waals surface area contributed by atoms with Gasteiger partial charge in [-0.15, -0.1) is 0 Å². The number of benzene rings is 1. The molecule has 0 spiro atoms. The molecule has 0 heterocycles. The lowest BCUT2D eigenvalue weighted by molar-refractivity contribution is 0.415. The zero-order valence-electron chi connectivity index (χ0n) is 9.78. The van der Waals surface area contributed by atoms with Crippen molar-refractivity contribution in [2.45, 2.75) is 25.3 Å². The topological polar surface area (TPSA) is 47.3 Å². The van der Waals surface area contributed by atoms with Gasteiger partial charge in [0.1, 0.15) is 5.75 Å². The van der Waals surface area contributed by atoms with Gasteiger partial charge >= 0.3 is 0 Å². The van der Waals surface area contributed by atoms with Gasteiger partial charge in [0.2, 0.25) is 0 Å². The molecule has 3 heteroatoms. The third-order valence-corrected chi connectivity index (χ3v) is 3.40. The number of nitrogens with one attached hydrogen (secondary N) is 1. The lowest BCUT2D eigenvalue weighted by Crippen LogP contribution is -2.29. The lowest BCUT2D eigenvalue weighted by Gasteiger charge is -2.20. The molecule has 1 aliphatic carbocycles. The highest BCUT2D eigenvalue weighted by atomic mass is 16.5. The Balaban J connectivity index is 1.97. The van der Waals surface area contributed by atoms with Crippen molar-refractivity contribution in [3.8, 4) is 5.75 Å². The summed E-state index contributed by atoms with van der Waals surface area (Å²) < 4.78 is 5.13. The number of hydrogen-bond acceptors (Lipinski definition) is 3. The van der Waals surface area contributed by atoms with E-state index in [1.807, 2.05) is 12.1 Å². The van der Waals surface area contributed by atoms with E-state index < -0.39 is 0 Å². The molecule has 0 radical (unpaired) electrons. The van der Waals surface area contributed by atoms with E-state index in [2.05, 4.69) is 17.4 Å². The van der Waals surface area contributed by atoms with Crippen LogP contribution in [0.2, 0.25) is 0 Å². The molecule has 3 nitrogen and oxygen atoms in total. The molecule has 16 heavy (non-hydrogen) atoms. The summed E-state index contributed by atoms with van der Waals surface area (Å²) in [5.41, 5.74) is 6.92. The van der Waals surface area contributed by atoms with Crippen LogP contribution in [0.25, 0.3) is 0 Å². The SMILES string of the molecule is COc1ccc(NC2CCCC2CN)cc1. The predicted octanol–water partition coefficient (Wildman–Crippen LogP) is 2.23. The van der Waals surface area contributed by atoms with E-state index in [1.54, 1.807) is 7.11 Å². The first-order valence-corrected chi connectivity index (χ1v) is 5.94. The summed E-state index contributed by atoms with van der Waals surface area (Å²) in [6.45, 7) is 0.786. The first kappa shape index (κ1) is 11.3. The second-order valence-corrected chi connectivity index (χ2v) is 4.41. The Hall–Kier alpha value is -1.22. The maximum Gasteiger partial charge on any atom is 0.119 e. The fourth-order valence-electron chi connectivity index (χ4n) is 2.41. The Kier molecular flexibility index (Phi) is 3.67. The van der Waals surface area contributed by atoms with E-state index >= 15 is 0 Å². The van der Waals surface area contributed by atoms with Crippen molar-refractivity contribution >= 4 is 5.69 Å². The van der Waals surface area contributed by atoms with Crippen molar-refractivity contribution in [1.29, 1.82) is 0 Å². The van der Waals surface area contributed by atoms with E-state index in [-0.39, 0.29) is 0 Å². The van der Waals surface area contributed by atoms with Gasteiger partial charge in [0.15, 0.2) is 0 Å². The molecule has 2 unspecified atom stereocenters. The van der Waals surface area contributed by atoms with Crippen LogP contribution in [0, 0.1) is 5.92 Å². The molecule has 1 saturated carbocycles. The van der Waals surface area contributed by atoms with Gasteiger partial charge < -0.3 is 15.8 Å². The first-order chi connectivity index (χ1) is 7.83. The smallest absolute Gasteiger partial charge is 0.119 e. The summed E-state index contributed by atoms with van der Waals surface area (Å²) in [7, 11) is 1.68. The van der Waals surface area contributed by atoms with Gasteiger partial charge in [0, 0.05) is 11.7 Å².